The van der Waals surface area contributed by atoms with E-state index in [0.717, 1.165) is 5.75 Å². The molecule has 2 nitrogen and oxygen atoms in total. The minimum atomic E-state index is -0.439. The summed E-state index contributed by atoms with van der Waals surface area (Å²) in [7, 11) is 1.26. The second kappa shape index (κ2) is 8.79. The molecule has 4 heteroatoms. The molecule has 0 saturated carbocycles. The van der Waals surface area contributed by atoms with E-state index in [4.69, 9.17) is 17.0 Å². The SMILES string of the molecule is CC.COc1ccc(P(S)N2CCCCC2)cc1. The Morgan fingerprint density at radius 3 is 2.11 bits per heavy atom. The van der Waals surface area contributed by atoms with Crippen LogP contribution in [0.2, 0.25) is 0 Å². The molecule has 0 aromatic heterocycles. The van der Waals surface area contributed by atoms with Crippen LogP contribution in [-0.2, 0) is 0 Å². The van der Waals surface area contributed by atoms with Crippen LogP contribution in [0.4, 0.5) is 0 Å². The van der Waals surface area contributed by atoms with Crippen molar-refractivity contribution >= 4 is 24.8 Å². The number of methoxy groups -OCH3 is 1. The molecule has 1 aromatic carbocycles. The molecule has 0 spiro atoms. The lowest BCUT2D eigenvalue weighted by Crippen LogP contribution is -2.26. The van der Waals surface area contributed by atoms with Gasteiger partial charge in [-0.05, 0) is 37.1 Å². The summed E-state index contributed by atoms with van der Waals surface area (Å²) in [5.74, 6) is 0.916. The molecule has 0 aliphatic carbocycles. The highest BCUT2D eigenvalue weighted by atomic mass is 32.7. The average molecular weight is 285 g/mol. The molecular weight excluding hydrogens is 261 g/mol. The first-order valence-electron chi connectivity index (χ1n) is 6.69. The van der Waals surface area contributed by atoms with E-state index in [1.807, 2.05) is 26.0 Å². The van der Waals surface area contributed by atoms with Gasteiger partial charge in [-0.3, -0.25) is 4.67 Å². The number of hydrogen-bond acceptors (Lipinski definition) is 3. The minimum Gasteiger partial charge on any atom is -0.497 e. The molecule has 18 heavy (non-hydrogen) atoms. The minimum absolute atomic E-state index is 0.439. The maximum absolute atomic E-state index is 5.16. The van der Waals surface area contributed by atoms with Gasteiger partial charge in [0.1, 0.15) is 5.75 Å². The number of benzene rings is 1. The van der Waals surface area contributed by atoms with Crippen molar-refractivity contribution in [3.63, 3.8) is 0 Å². The summed E-state index contributed by atoms with van der Waals surface area (Å²) in [4.78, 5) is 0. The van der Waals surface area contributed by atoms with E-state index in [2.05, 4.69) is 16.8 Å². The Kier molecular flexibility index (Phi) is 7.73. The molecular formula is C14H24NOPS. The van der Waals surface area contributed by atoms with Gasteiger partial charge in [0.25, 0.3) is 0 Å². The Morgan fingerprint density at radius 2 is 1.61 bits per heavy atom. The van der Waals surface area contributed by atoms with Crippen LogP contribution >= 0.6 is 19.5 Å². The van der Waals surface area contributed by atoms with Gasteiger partial charge in [0.05, 0.1) is 14.4 Å². The van der Waals surface area contributed by atoms with Gasteiger partial charge >= 0.3 is 0 Å². The number of rotatable bonds is 3. The van der Waals surface area contributed by atoms with Crippen LogP contribution < -0.4 is 10.0 Å². The van der Waals surface area contributed by atoms with Crippen LogP contribution in [-0.4, -0.2) is 24.9 Å². The predicted octanol–water partition coefficient (Wildman–Crippen LogP) is 4.07. The highest BCUT2D eigenvalue weighted by Gasteiger charge is 2.18. The van der Waals surface area contributed by atoms with Gasteiger partial charge in [0.15, 0.2) is 0 Å². The second-order valence-electron chi connectivity index (χ2n) is 4.00. The number of nitrogens with zero attached hydrogens (tertiary/aromatic N) is 1. The molecule has 2 rings (SSSR count). The van der Waals surface area contributed by atoms with Gasteiger partial charge in [-0.1, -0.05) is 20.3 Å². The third-order valence-corrected chi connectivity index (χ3v) is 6.05. The maximum atomic E-state index is 5.16. The lowest BCUT2D eigenvalue weighted by molar-refractivity contribution is 0.375. The highest BCUT2D eigenvalue weighted by molar-refractivity contribution is 8.47. The van der Waals surface area contributed by atoms with Crippen molar-refractivity contribution in [2.75, 3.05) is 20.2 Å². The molecule has 0 radical (unpaired) electrons. The first kappa shape index (κ1) is 15.8. The quantitative estimate of drug-likeness (QED) is 0.664. The zero-order chi connectivity index (χ0) is 13.4. The molecule has 1 atom stereocenters. The van der Waals surface area contributed by atoms with E-state index in [-0.39, 0.29) is 0 Å². The Morgan fingerprint density at radius 1 is 1.06 bits per heavy atom. The van der Waals surface area contributed by atoms with Crippen molar-refractivity contribution < 1.29 is 4.74 Å². The summed E-state index contributed by atoms with van der Waals surface area (Å²) in [6, 6.07) is 8.30. The van der Waals surface area contributed by atoms with Crippen molar-refractivity contribution in [1.29, 1.82) is 0 Å². The summed E-state index contributed by atoms with van der Waals surface area (Å²) in [5, 5.41) is 1.32. The van der Waals surface area contributed by atoms with Crippen LogP contribution in [0.3, 0.4) is 0 Å². The smallest absolute Gasteiger partial charge is 0.118 e. The highest BCUT2D eigenvalue weighted by Crippen LogP contribution is 2.45. The largest absolute Gasteiger partial charge is 0.497 e. The van der Waals surface area contributed by atoms with E-state index in [0.29, 0.717) is 0 Å². The Hall–Kier alpha value is -0.240. The third-order valence-electron chi connectivity index (χ3n) is 2.90. The molecule has 1 saturated heterocycles. The van der Waals surface area contributed by atoms with Gasteiger partial charge in [-0.25, -0.2) is 0 Å². The number of hydrogen-bond donors (Lipinski definition) is 1. The van der Waals surface area contributed by atoms with Crippen LogP contribution in [0.1, 0.15) is 33.1 Å². The van der Waals surface area contributed by atoms with E-state index < -0.39 is 7.27 Å². The van der Waals surface area contributed by atoms with Crippen molar-refractivity contribution in [2.45, 2.75) is 33.1 Å². The third kappa shape index (κ3) is 4.46. The lowest BCUT2D eigenvalue weighted by Gasteiger charge is -2.31. The summed E-state index contributed by atoms with van der Waals surface area (Å²) >= 11 is 4.78. The molecule has 1 aliphatic heterocycles. The fraction of sp³-hybridized carbons (Fsp3) is 0.571. The first-order chi connectivity index (χ1) is 8.81. The van der Waals surface area contributed by atoms with E-state index in [1.165, 1.54) is 37.7 Å². The van der Waals surface area contributed by atoms with Gasteiger partial charge in [-0.15, -0.1) is 12.2 Å². The maximum Gasteiger partial charge on any atom is 0.118 e. The number of ether oxygens (including phenoxy) is 1. The second-order valence-corrected chi connectivity index (χ2v) is 6.80. The molecule has 1 aliphatic rings. The zero-order valence-corrected chi connectivity index (χ0v) is 13.4. The lowest BCUT2D eigenvalue weighted by atomic mass is 10.2. The Labute approximate surface area is 118 Å². The molecule has 1 aromatic rings. The zero-order valence-electron chi connectivity index (χ0n) is 11.6. The molecule has 1 fully saturated rings. The van der Waals surface area contributed by atoms with Crippen LogP contribution in [0.5, 0.6) is 5.75 Å². The average Bonchev–Trinajstić information content (AvgIpc) is 2.49. The van der Waals surface area contributed by atoms with Gasteiger partial charge < -0.3 is 4.74 Å². The van der Waals surface area contributed by atoms with Crippen molar-refractivity contribution in [2.24, 2.45) is 0 Å². The van der Waals surface area contributed by atoms with Crippen molar-refractivity contribution in [3.05, 3.63) is 24.3 Å². The fourth-order valence-electron chi connectivity index (χ4n) is 1.95. The Balaban J connectivity index is 0.000000771. The summed E-state index contributed by atoms with van der Waals surface area (Å²) in [6.07, 6.45) is 4.00. The number of piperidine rings is 1. The normalized spacial score (nSPS) is 17.6. The van der Waals surface area contributed by atoms with E-state index in [1.54, 1.807) is 7.11 Å². The van der Waals surface area contributed by atoms with E-state index >= 15 is 0 Å². The summed E-state index contributed by atoms with van der Waals surface area (Å²) in [6.45, 7) is 6.39. The number of thiol groups is 1. The molecule has 1 unspecified atom stereocenters. The first-order valence-corrected chi connectivity index (χ1v) is 9.14. The predicted molar refractivity (Wildman–Crippen MR) is 85.3 cm³/mol. The molecule has 102 valence electrons. The molecule has 0 amide bonds. The summed E-state index contributed by atoms with van der Waals surface area (Å²) in [5.41, 5.74) is 0. The standard InChI is InChI=1S/C12H18NOPS.C2H6/c1-14-11-5-7-12(8-6-11)15(16)13-9-3-2-4-10-13;1-2/h5-8,16H,2-4,9-10H2,1H3;1-2H3. The van der Waals surface area contributed by atoms with Crippen molar-refractivity contribution in [3.8, 4) is 5.75 Å². The molecule has 1 heterocycles. The molecule has 0 bridgehead atoms. The van der Waals surface area contributed by atoms with E-state index in [9.17, 15) is 0 Å². The van der Waals surface area contributed by atoms with Gasteiger partial charge in [0.2, 0.25) is 0 Å². The Bertz CT molecular complexity index is 325. The van der Waals surface area contributed by atoms with Crippen LogP contribution in [0.15, 0.2) is 24.3 Å². The van der Waals surface area contributed by atoms with Crippen LogP contribution in [0, 0.1) is 0 Å². The van der Waals surface area contributed by atoms with Crippen molar-refractivity contribution in [1.82, 2.24) is 4.67 Å². The summed E-state index contributed by atoms with van der Waals surface area (Å²) < 4.78 is 7.67. The fourth-order valence-corrected chi connectivity index (χ4v) is 4.29. The monoisotopic (exact) mass is 285 g/mol. The topological polar surface area (TPSA) is 12.5 Å². The molecule has 0 N–H and O–H groups in total. The van der Waals surface area contributed by atoms with Gasteiger partial charge in [0, 0.05) is 18.4 Å². The van der Waals surface area contributed by atoms with Crippen LogP contribution in [0.25, 0.3) is 0 Å². The van der Waals surface area contributed by atoms with Gasteiger partial charge in [-0.2, -0.15) is 0 Å².